The number of aryl methyl sites for hydroxylation is 2. The molecule has 88 valence electrons. The molecule has 3 heteroatoms. The minimum Gasteiger partial charge on any atom is -0.493 e. The van der Waals surface area contributed by atoms with Crippen molar-refractivity contribution < 1.29 is 14.3 Å². The molecule has 0 radical (unpaired) electrons. The van der Waals surface area contributed by atoms with E-state index in [1.807, 2.05) is 13.8 Å². The first-order valence-corrected chi connectivity index (χ1v) is 5.30. The second-order valence-corrected chi connectivity index (χ2v) is 3.76. The summed E-state index contributed by atoms with van der Waals surface area (Å²) in [6, 6.07) is 2.06. The molecule has 1 rings (SSSR count). The molecule has 3 nitrogen and oxygen atoms in total. The Balaban J connectivity index is 3.27. The van der Waals surface area contributed by atoms with Crippen LogP contribution in [-0.4, -0.2) is 20.5 Å². The van der Waals surface area contributed by atoms with Crippen molar-refractivity contribution in [3.05, 3.63) is 22.8 Å². The Labute approximate surface area is 96.4 Å². The summed E-state index contributed by atoms with van der Waals surface area (Å²) in [4.78, 5) is 10.4. The van der Waals surface area contributed by atoms with Crippen molar-refractivity contribution in [2.24, 2.45) is 0 Å². The maximum Gasteiger partial charge on any atom is 0.164 e. The van der Waals surface area contributed by atoms with Gasteiger partial charge in [-0.1, -0.05) is 6.07 Å². The lowest BCUT2D eigenvalue weighted by molar-refractivity contribution is -0.107. The molecule has 0 aliphatic carbocycles. The molecule has 0 unspecified atom stereocenters. The van der Waals surface area contributed by atoms with Crippen molar-refractivity contribution in [3.63, 3.8) is 0 Å². The number of methoxy groups -OCH3 is 2. The highest BCUT2D eigenvalue weighted by atomic mass is 16.5. The minimum absolute atomic E-state index is 0.503. The van der Waals surface area contributed by atoms with Crippen LogP contribution >= 0.6 is 0 Å². The molecule has 0 aromatic heterocycles. The van der Waals surface area contributed by atoms with E-state index in [2.05, 4.69) is 6.07 Å². The fourth-order valence-corrected chi connectivity index (χ4v) is 1.96. The maximum atomic E-state index is 10.4. The molecule has 0 atom stereocenters. The van der Waals surface area contributed by atoms with Gasteiger partial charge in [0.2, 0.25) is 0 Å². The summed E-state index contributed by atoms with van der Waals surface area (Å²) in [5.74, 6) is 1.51. The summed E-state index contributed by atoms with van der Waals surface area (Å²) in [6.45, 7) is 4.01. The Morgan fingerprint density at radius 2 is 1.75 bits per heavy atom. The number of aldehydes is 1. The van der Waals surface area contributed by atoms with Crippen molar-refractivity contribution in [2.45, 2.75) is 26.7 Å². The van der Waals surface area contributed by atoms with Gasteiger partial charge in [-0.15, -0.1) is 0 Å². The third-order valence-electron chi connectivity index (χ3n) is 2.67. The van der Waals surface area contributed by atoms with E-state index in [1.54, 1.807) is 14.2 Å². The van der Waals surface area contributed by atoms with Crippen LogP contribution in [0.3, 0.4) is 0 Å². The molecule has 0 fully saturated rings. The molecule has 0 saturated heterocycles. The molecule has 0 N–H and O–H groups in total. The van der Waals surface area contributed by atoms with Gasteiger partial charge >= 0.3 is 0 Å². The standard InChI is InChI=1S/C13H18O3/c1-9-8-10(2)12(15-3)13(16-4)11(9)6-5-7-14/h7-8H,5-6H2,1-4H3. The van der Waals surface area contributed by atoms with Gasteiger partial charge in [0.25, 0.3) is 0 Å². The van der Waals surface area contributed by atoms with Crippen LogP contribution in [0.5, 0.6) is 11.5 Å². The molecule has 0 aliphatic heterocycles. The van der Waals surface area contributed by atoms with Crippen molar-refractivity contribution in [1.82, 2.24) is 0 Å². The Hall–Kier alpha value is -1.51. The average molecular weight is 222 g/mol. The van der Waals surface area contributed by atoms with Gasteiger partial charge in [-0.3, -0.25) is 0 Å². The van der Waals surface area contributed by atoms with Gasteiger partial charge in [-0.2, -0.15) is 0 Å². The van der Waals surface area contributed by atoms with Gasteiger partial charge in [-0.05, 0) is 31.4 Å². The van der Waals surface area contributed by atoms with Crippen LogP contribution in [0.4, 0.5) is 0 Å². The molecular formula is C13H18O3. The second kappa shape index (κ2) is 5.54. The summed E-state index contributed by atoms with van der Waals surface area (Å²) >= 11 is 0. The average Bonchev–Trinajstić information content (AvgIpc) is 2.27. The monoisotopic (exact) mass is 222 g/mol. The lowest BCUT2D eigenvalue weighted by atomic mass is 9.99. The Morgan fingerprint density at radius 3 is 2.25 bits per heavy atom. The zero-order valence-electron chi connectivity index (χ0n) is 10.3. The predicted octanol–water partition coefficient (Wildman–Crippen LogP) is 2.45. The molecule has 0 heterocycles. The van der Waals surface area contributed by atoms with E-state index in [-0.39, 0.29) is 0 Å². The largest absolute Gasteiger partial charge is 0.493 e. The SMILES string of the molecule is COc1c(C)cc(C)c(CCC=O)c1OC. The van der Waals surface area contributed by atoms with Gasteiger partial charge in [-0.25, -0.2) is 0 Å². The number of carbonyl (C=O) groups excluding carboxylic acids is 1. The van der Waals surface area contributed by atoms with Crippen LogP contribution in [0.25, 0.3) is 0 Å². The number of rotatable bonds is 5. The molecule has 0 bridgehead atoms. The fourth-order valence-electron chi connectivity index (χ4n) is 1.96. The highest BCUT2D eigenvalue weighted by molar-refractivity contribution is 5.57. The quantitative estimate of drug-likeness (QED) is 0.718. The third kappa shape index (κ3) is 2.35. The van der Waals surface area contributed by atoms with Gasteiger partial charge in [0.1, 0.15) is 6.29 Å². The van der Waals surface area contributed by atoms with E-state index in [0.717, 1.165) is 34.5 Å². The molecule has 0 spiro atoms. The van der Waals surface area contributed by atoms with E-state index in [1.165, 1.54) is 0 Å². The van der Waals surface area contributed by atoms with E-state index < -0.39 is 0 Å². The lowest BCUT2D eigenvalue weighted by Crippen LogP contribution is -2.01. The highest BCUT2D eigenvalue weighted by Crippen LogP contribution is 2.37. The first kappa shape index (κ1) is 12.6. The zero-order chi connectivity index (χ0) is 12.1. The maximum absolute atomic E-state index is 10.4. The van der Waals surface area contributed by atoms with Crippen LogP contribution in [0.1, 0.15) is 23.1 Å². The van der Waals surface area contributed by atoms with Crippen molar-refractivity contribution in [1.29, 1.82) is 0 Å². The number of hydrogen-bond donors (Lipinski definition) is 0. The molecule has 1 aromatic carbocycles. The molecule has 16 heavy (non-hydrogen) atoms. The smallest absolute Gasteiger partial charge is 0.164 e. The Bertz CT molecular complexity index is 383. The molecule has 1 aromatic rings. The molecular weight excluding hydrogens is 204 g/mol. The number of hydrogen-bond acceptors (Lipinski definition) is 3. The Morgan fingerprint density at radius 1 is 1.12 bits per heavy atom. The summed E-state index contributed by atoms with van der Waals surface area (Å²) in [7, 11) is 3.25. The van der Waals surface area contributed by atoms with Gasteiger partial charge in [0.05, 0.1) is 14.2 Å². The minimum atomic E-state index is 0.503. The Kier molecular flexibility index (Phi) is 4.35. The molecule has 0 amide bonds. The van der Waals surface area contributed by atoms with Crippen LogP contribution in [-0.2, 0) is 11.2 Å². The van der Waals surface area contributed by atoms with E-state index >= 15 is 0 Å². The van der Waals surface area contributed by atoms with E-state index in [0.29, 0.717) is 12.8 Å². The second-order valence-electron chi connectivity index (χ2n) is 3.76. The van der Waals surface area contributed by atoms with Crippen molar-refractivity contribution in [3.8, 4) is 11.5 Å². The zero-order valence-corrected chi connectivity index (χ0v) is 10.3. The summed E-state index contributed by atoms with van der Waals surface area (Å²) in [6.07, 6.45) is 2.11. The van der Waals surface area contributed by atoms with E-state index in [4.69, 9.17) is 9.47 Å². The van der Waals surface area contributed by atoms with Crippen LogP contribution in [0.15, 0.2) is 6.07 Å². The normalized spacial score (nSPS) is 10.0. The molecule has 0 saturated carbocycles. The van der Waals surface area contributed by atoms with Crippen LogP contribution < -0.4 is 9.47 Å². The first-order chi connectivity index (χ1) is 7.65. The van der Waals surface area contributed by atoms with Crippen LogP contribution in [0, 0.1) is 13.8 Å². The van der Waals surface area contributed by atoms with Crippen LogP contribution in [0.2, 0.25) is 0 Å². The fraction of sp³-hybridized carbons (Fsp3) is 0.462. The number of carbonyl (C=O) groups is 1. The summed E-state index contributed by atoms with van der Waals surface area (Å²) in [5, 5.41) is 0. The van der Waals surface area contributed by atoms with Gasteiger partial charge < -0.3 is 14.3 Å². The summed E-state index contributed by atoms with van der Waals surface area (Å²) < 4.78 is 10.7. The third-order valence-corrected chi connectivity index (χ3v) is 2.67. The number of benzene rings is 1. The predicted molar refractivity (Wildman–Crippen MR) is 63.4 cm³/mol. The number of ether oxygens (including phenoxy) is 2. The summed E-state index contributed by atoms with van der Waals surface area (Å²) in [5.41, 5.74) is 3.24. The van der Waals surface area contributed by atoms with Gasteiger partial charge in [0, 0.05) is 12.0 Å². The van der Waals surface area contributed by atoms with Crippen molar-refractivity contribution in [2.75, 3.05) is 14.2 Å². The first-order valence-electron chi connectivity index (χ1n) is 5.30. The lowest BCUT2D eigenvalue weighted by Gasteiger charge is -2.16. The topological polar surface area (TPSA) is 35.5 Å². The van der Waals surface area contributed by atoms with Crippen molar-refractivity contribution >= 4 is 6.29 Å². The van der Waals surface area contributed by atoms with Gasteiger partial charge in [0.15, 0.2) is 11.5 Å². The molecule has 0 aliphatic rings. The highest BCUT2D eigenvalue weighted by Gasteiger charge is 2.15. The van der Waals surface area contributed by atoms with E-state index in [9.17, 15) is 4.79 Å².